The number of aliphatic hydroxyl groups excluding tert-OH is 2. The van der Waals surface area contributed by atoms with Crippen LogP contribution in [0.4, 0.5) is 0 Å². The minimum Gasteiger partial charge on any atom is -1.00 e. The highest BCUT2D eigenvalue weighted by Gasteiger charge is 2.36. The predicted octanol–water partition coefficient (Wildman–Crippen LogP) is -2.00. The van der Waals surface area contributed by atoms with E-state index in [4.69, 9.17) is 16.2 Å². The average molecular weight is 807 g/mol. The van der Waals surface area contributed by atoms with Crippen molar-refractivity contribution in [1.29, 1.82) is 0 Å². The van der Waals surface area contributed by atoms with Crippen LogP contribution in [0.1, 0.15) is 121 Å². The Bertz CT molecular complexity index is 1190. The van der Waals surface area contributed by atoms with Crippen LogP contribution in [0, 0.1) is 17.8 Å². The van der Waals surface area contributed by atoms with Crippen LogP contribution in [0.2, 0.25) is 0 Å². The number of nitrogens with two attached hydrogens (primary N) is 2. The Balaban J connectivity index is 0. The van der Waals surface area contributed by atoms with Crippen molar-refractivity contribution < 1.29 is 73.2 Å². The minimum absolute atomic E-state index is 0. The standard InChI is InChI=1S/C17H23NO4.C10H19NO3.C10H17NO3.C2H6.2ClH/c1-22-17(21)14(15(19)12-8-4-2-5-9-12)18-16(20)13-10-6-3-7-11-13;2*1-14-10(13)8(11)9(12)7-5-3-2-4-6-7;1-2;;/h3,6-7,10-12,14-15,19H,2,4-5,8-9H2,1H3,(H,18,20);7-9,12H,2-6,11H2,1H3;7-8H,2-6,11H2,1H3;1-2H3;2*1H/p-2/t14-,15-;8-,9-;;;;/m00..../s1. The molecule has 3 aliphatic carbocycles. The smallest absolute Gasteiger partial charge is 0.331 e. The molecule has 3 saturated carbocycles. The first-order chi connectivity index (χ1) is 25.0. The monoisotopic (exact) mass is 805 g/mol. The normalized spacial score (nSPS) is 18.7. The molecule has 1 unspecified atom stereocenters. The Hall–Kier alpha value is -2.81. The Morgan fingerprint density at radius 3 is 1.46 bits per heavy atom. The molecule has 312 valence electrons. The van der Waals surface area contributed by atoms with E-state index in [1.807, 2.05) is 19.9 Å². The summed E-state index contributed by atoms with van der Waals surface area (Å²) in [5.74, 6) is -2.14. The fraction of sp³-hybridized carbons (Fsp3) is 0.718. The van der Waals surface area contributed by atoms with Crippen molar-refractivity contribution in [3.63, 3.8) is 0 Å². The van der Waals surface area contributed by atoms with Crippen LogP contribution in [0.3, 0.4) is 0 Å². The van der Waals surface area contributed by atoms with Crippen LogP contribution < -0.4 is 41.6 Å². The molecular formula is C39H65Cl2N3O10-2. The van der Waals surface area contributed by atoms with Crippen molar-refractivity contribution >= 4 is 29.6 Å². The van der Waals surface area contributed by atoms with E-state index in [-0.39, 0.29) is 54.3 Å². The molecule has 0 bridgehead atoms. The van der Waals surface area contributed by atoms with E-state index in [1.54, 1.807) is 24.3 Å². The molecule has 15 heteroatoms. The Morgan fingerprint density at radius 2 is 1.04 bits per heavy atom. The third-order valence-electron chi connectivity index (χ3n) is 10.00. The van der Waals surface area contributed by atoms with Crippen molar-refractivity contribution in [1.82, 2.24) is 5.32 Å². The van der Waals surface area contributed by atoms with Crippen LogP contribution in [-0.2, 0) is 33.4 Å². The molecule has 1 aromatic carbocycles. The van der Waals surface area contributed by atoms with Gasteiger partial charge in [0.15, 0.2) is 17.9 Å². The molecule has 54 heavy (non-hydrogen) atoms. The summed E-state index contributed by atoms with van der Waals surface area (Å²) in [5.41, 5.74) is 11.5. The van der Waals surface area contributed by atoms with E-state index in [9.17, 15) is 34.2 Å². The van der Waals surface area contributed by atoms with Crippen molar-refractivity contribution in [2.45, 2.75) is 140 Å². The number of hydrogen-bond donors (Lipinski definition) is 5. The topological polar surface area (TPSA) is 218 Å². The zero-order valence-electron chi connectivity index (χ0n) is 32.7. The van der Waals surface area contributed by atoms with E-state index in [1.165, 1.54) is 34.2 Å². The summed E-state index contributed by atoms with van der Waals surface area (Å²) in [7, 11) is 3.80. The number of Topliss-reactive ketones (excluding diaryl/α,β-unsaturated/α-hetero) is 1. The number of methoxy groups -OCH3 is 3. The van der Waals surface area contributed by atoms with Gasteiger partial charge in [0.1, 0.15) is 6.04 Å². The predicted molar refractivity (Wildman–Crippen MR) is 198 cm³/mol. The lowest BCUT2D eigenvalue weighted by Crippen LogP contribution is -3.00. The average Bonchev–Trinajstić information content (AvgIpc) is 3.22. The first-order valence-corrected chi connectivity index (χ1v) is 19.0. The molecule has 0 aromatic heterocycles. The quantitative estimate of drug-likeness (QED) is 0.0933. The van der Waals surface area contributed by atoms with Gasteiger partial charge in [0, 0.05) is 11.5 Å². The number of esters is 3. The first-order valence-electron chi connectivity index (χ1n) is 19.0. The van der Waals surface area contributed by atoms with Gasteiger partial charge < -0.3 is 66.0 Å². The van der Waals surface area contributed by atoms with Crippen LogP contribution in [0.5, 0.6) is 0 Å². The summed E-state index contributed by atoms with van der Waals surface area (Å²) in [6.45, 7) is 4.00. The van der Waals surface area contributed by atoms with Crippen molar-refractivity contribution in [3.8, 4) is 0 Å². The molecule has 0 saturated heterocycles. The molecule has 0 radical (unpaired) electrons. The number of nitrogens with one attached hydrogen (secondary N) is 1. The third kappa shape index (κ3) is 18.2. The van der Waals surface area contributed by atoms with Crippen LogP contribution >= 0.6 is 0 Å². The van der Waals surface area contributed by atoms with Gasteiger partial charge in [-0.3, -0.25) is 14.4 Å². The molecule has 7 N–H and O–H groups in total. The number of ether oxygens (including phenoxy) is 3. The summed E-state index contributed by atoms with van der Waals surface area (Å²) >= 11 is 0. The molecule has 13 nitrogen and oxygen atoms in total. The van der Waals surface area contributed by atoms with E-state index < -0.39 is 48.2 Å². The maximum atomic E-state index is 12.2. The number of aliphatic hydroxyl groups is 2. The molecule has 0 heterocycles. The van der Waals surface area contributed by atoms with Gasteiger partial charge in [0.25, 0.3) is 5.91 Å². The lowest BCUT2D eigenvalue weighted by molar-refractivity contribution is -0.148. The summed E-state index contributed by atoms with van der Waals surface area (Å²) in [5, 5.41) is 23.0. The highest BCUT2D eigenvalue weighted by Crippen LogP contribution is 2.29. The number of carbonyl (C=O) groups excluding carboxylic acids is 5. The van der Waals surface area contributed by atoms with Crippen LogP contribution in [0.15, 0.2) is 30.3 Å². The summed E-state index contributed by atoms with van der Waals surface area (Å²) < 4.78 is 13.7. The molecule has 1 aromatic rings. The fourth-order valence-electron chi connectivity index (χ4n) is 6.90. The Kier molecular flexibility index (Phi) is 30.0. The number of halogens is 2. The van der Waals surface area contributed by atoms with Crippen LogP contribution in [-0.4, -0.2) is 91.5 Å². The molecule has 3 fully saturated rings. The van der Waals surface area contributed by atoms with Gasteiger partial charge in [0.05, 0.1) is 33.5 Å². The number of benzene rings is 1. The van der Waals surface area contributed by atoms with Gasteiger partial charge in [-0.1, -0.05) is 89.8 Å². The van der Waals surface area contributed by atoms with Crippen molar-refractivity contribution in [3.05, 3.63) is 35.9 Å². The van der Waals surface area contributed by atoms with Gasteiger partial charge >= 0.3 is 17.9 Å². The highest BCUT2D eigenvalue weighted by atomic mass is 35.5. The zero-order chi connectivity index (χ0) is 39.1. The second-order valence-corrected chi connectivity index (χ2v) is 13.4. The van der Waals surface area contributed by atoms with Gasteiger partial charge in [-0.15, -0.1) is 0 Å². The first kappa shape index (κ1) is 53.3. The number of hydrogen-bond acceptors (Lipinski definition) is 12. The summed E-state index contributed by atoms with van der Waals surface area (Å²) in [6, 6.07) is 5.64. The molecular weight excluding hydrogens is 741 g/mol. The van der Waals surface area contributed by atoms with E-state index in [0.717, 1.165) is 83.5 Å². The molecule has 1 amide bonds. The lowest BCUT2D eigenvalue weighted by atomic mass is 9.82. The SMILES string of the molecule is CC.COC(=O)C(N)C(=O)C1CCCCC1.COC(=O)[C@@H](N)[C@@H](O)C1CCCCC1.COC(=O)[C@@H](NC(=O)c1ccccc1)[C@@H](O)C1CCCCC1.[Cl-].[Cl-]. The molecule has 4 rings (SSSR count). The molecule has 5 atom stereocenters. The van der Waals surface area contributed by atoms with E-state index in [0.29, 0.717) is 5.56 Å². The van der Waals surface area contributed by atoms with E-state index >= 15 is 0 Å². The second-order valence-electron chi connectivity index (χ2n) is 13.4. The van der Waals surface area contributed by atoms with E-state index in [2.05, 4.69) is 14.8 Å². The number of amides is 1. The fourth-order valence-corrected chi connectivity index (χ4v) is 6.90. The number of ketones is 1. The summed E-state index contributed by atoms with van der Waals surface area (Å²) in [6.07, 6.45) is 13.7. The third-order valence-corrected chi connectivity index (χ3v) is 10.00. The van der Waals surface area contributed by atoms with Crippen molar-refractivity contribution in [2.24, 2.45) is 29.2 Å². The van der Waals surface area contributed by atoms with Gasteiger partial charge in [-0.05, 0) is 62.5 Å². The summed E-state index contributed by atoms with van der Waals surface area (Å²) in [4.78, 5) is 58.0. The molecule has 0 aliphatic heterocycles. The highest BCUT2D eigenvalue weighted by molar-refractivity contribution is 6.03. The Morgan fingerprint density at radius 1 is 0.630 bits per heavy atom. The number of carbonyl (C=O) groups is 5. The maximum Gasteiger partial charge on any atom is 0.331 e. The number of rotatable bonds is 11. The van der Waals surface area contributed by atoms with Gasteiger partial charge in [-0.2, -0.15) is 0 Å². The maximum absolute atomic E-state index is 12.2. The minimum atomic E-state index is -1.08. The van der Waals surface area contributed by atoms with Crippen LogP contribution in [0.25, 0.3) is 0 Å². The Labute approximate surface area is 334 Å². The second kappa shape index (κ2) is 30.4. The lowest BCUT2D eigenvalue weighted by Gasteiger charge is -2.31. The van der Waals surface area contributed by atoms with Gasteiger partial charge in [-0.25, -0.2) is 9.59 Å². The largest absolute Gasteiger partial charge is 1.00 e. The molecule has 3 aliphatic rings. The zero-order valence-corrected chi connectivity index (χ0v) is 34.2. The van der Waals surface area contributed by atoms with Crippen molar-refractivity contribution in [2.75, 3.05) is 21.3 Å². The molecule has 0 spiro atoms. The van der Waals surface area contributed by atoms with Gasteiger partial charge in [0.2, 0.25) is 0 Å².